The van der Waals surface area contributed by atoms with E-state index in [0.717, 1.165) is 45.9 Å². The Morgan fingerprint density at radius 2 is 2.18 bits per heavy atom. The maximum atomic E-state index is 5.57. The molecule has 0 aliphatic carbocycles. The molecule has 0 radical (unpaired) electrons. The highest BCUT2D eigenvalue weighted by atomic mass is 16.5. The summed E-state index contributed by atoms with van der Waals surface area (Å²) < 4.78 is 11.1. The summed E-state index contributed by atoms with van der Waals surface area (Å²) in [4.78, 5) is 2.58. The van der Waals surface area contributed by atoms with Gasteiger partial charge < -0.3 is 14.8 Å². The van der Waals surface area contributed by atoms with Crippen LogP contribution in [0.1, 0.15) is 27.2 Å². The van der Waals surface area contributed by atoms with Gasteiger partial charge in [0.25, 0.3) is 0 Å². The molecule has 0 bridgehead atoms. The molecule has 4 heteroatoms. The van der Waals surface area contributed by atoms with Crippen LogP contribution in [0.25, 0.3) is 0 Å². The van der Waals surface area contributed by atoms with Crippen molar-refractivity contribution in [2.75, 3.05) is 39.5 Å². The fourth-order valence-corrected chi connectivity index (χ4v) is 3.00. The number of nitrogens with one attached hydrogen (secondary N) is 1. The predicted molar refractivity (Wildman–Crippen MR) is 68.3 cm³/mol. The fourth-order valence-electron chi connectivity index (χ4n) is 3.00. The molecule has 2 unspecified atom stereocenters. The molecule has 2 aliphatic heterocycles. The monoisotopic (exact) mass is 242 g/mol. The molecule has 100 valence electrons. The van der Waals surface area contributed by atoms with Crippen molar-refractivity contribution in [1.82, 2.24) is 10.2 Å². The van der Waals surface area contributed by atoms with Crippen LogP contribution < -0.4 is 5.32 Å². The molecule has 17 heavy (non-hydrogen) atoms. The van der Waals surface area contributed by atoms with Crippen LogP contribution >= 0.6 is 0 Å². The van der Waals surface area contributed by atoms with Crippen molar-refractivity contribution in [2.45, 2.75) is 44.8 Å². The van der Waals surface area contributed by atoms with Crippen molar-refractivity contribution in [2.24, 2.45) is 0 Å². The van der Waals surface area contributed by atoms with Gasteiger partial charge in [-0.15, -0.1) is 0 Å². The van der Waals surface area contributed by atoms with Gasteiger partial charge in [-0.2, -0.15) is 0 Å². The smallest absolute Gasteiger partial charge is 0.0645 e. The zero-order chi connectivity index (χ0) is 12.3. The molecule has 2 atom stereocenters. The highest BCUT2D eigenvalue weighted by Gasteiger charge is 2.34. The minimum atomic E-state index is 0.160. The van der Waals surface area contributed by atoms with Crippen molar-refractivity contribution in [3.05, 3.63) is 0 Å². The molecule has 2 rings (SSSR count). The lowest BCUT2D eigenvalue weighted by atomic mass is 9.97. The van der Waals surface area contributed by atoms with Crippen LogP contribution in [0.15, 0.2) is 0 Å². The molecular formula is C13H26N2O2. The second-order valence-corrected chi connectivity index (χ2v) is 5.87. The van der Waals surface area contributed by atoms with Crippen LogP contribution in [0, 0.1) is 0 Å². The SMILES string of the molecule is CC(CC1COCCN1)N1CCOCC1(C)C. The molecule has 1 N–H and O–H groups in total. The Balaban J connectivity index is 1.87. The van der Waals surface area contributed by atoms with Gasteiger partial charge in [0.15, 0.2) is 0 Å². The Morgan fingerprint density at radius 3 is 2.82 bits per heavy atom. The third-order valence-corrected chi connectivity index (χ3v) is 3.87. The zero-order valence-electron chi connectivity index (χ0n) is 11.4. The number of nitrogens with zero attached hydrogens (tertiary/aromatic N) is 1. The van der Waals surface area contributed by atoms with E-state index in [-0.39, 0.29) is 5.54 Å². The van der Waals surface area contributed by atoms with Crippen LogP contribution in [0.5, 0.6) is 0 Å². The molecular weight excluding hydrogens is 216 g/mol. The summed E-state index contributed by atoms with van der Waals surface area (Å²) in [5.74, 6) is 0. The Bertz CT molecular complexity index is 240. The van der Waals surface area contributed by atoms with E-state index in [1.54, 1.807) is 0 Å². The summed E-state index contributed by atoms with van der Waals surface area (Å²) in [5.41, 5.74) is 0.160. The first-order valence-electron chi connectivity index (χ1n) is 6.75. The molecule has 0 aromatic rings. The van der Waals surface area contributed by atoms with E-state index in [9.17, 15) is 0 Å². The standard InChI is InChI=1S/C13H26N2O2/c1-11(8-12-9-16-6-4-14-12)15-5-7-17-10-13(15,2)3/h11-12,14H,4-10H2,1-3H3. The van der Waals surface area contributed by atoms with Gasteiger partial charge >= 0.3 is 0 Å². The van der Waals surface area contributed by atoms with Gasteiger partial charge in [-0.25, -0.2) is 0 Å². The summed E-state index contributed by atoms with van der Waals surface area (Å²) in [5, 5.41) is 3.53. The lowest BCUT2D eigenvalue weighted by Gasteiger charge is -2.46. The van der Waals surface area contributed by atoms with Gasteiger partial charge in [-0.05, 0) is 27.2 Å². The van der Waals surface area contributed by atoms with E-state index >= 15 is 0 Å². The Morgan fingerprint density at radius 1 is 1.35 bits per heavy atom. The van der Waals surface area contributed by atoms with Crippen molar-refractivity contribution in [3.8, 4) is 0 Å². The first-order valence-corrected chi connectivity index (χ1v) is 6.75. The van der Waals surface area contributed by atoms with Gasteiger partial charge in [0.1, 0.15) is 0 Å². The molecule has 0 saturated carbocycles. The molecule has 4 nitrogen and oxygen atoms in total. The van der Waals surface area contributed by atoms with Crippen molar-refractivity contribution >= 4 is 0 Å². The van der Waals surface area contributed by atoms with Gasteiger partial charge in [0.05, 0.1) is 26.4 Å². The van der Waals surface area contributed by atoms with Crippen molar-refractivity contribution < 1.29 is 9.47 Å². The maximum absolute atomic E-state index is 5.57. The van der Waals surface area contributed by atoms with Gasteiger partial charge in [0.2, 0.25) is 0 Å². The topological polar surface area (TPSA) is 33.7 Å². The van der Waals surface area contributed by atoms with E-state index in [4.69, 9.17) is 9.47 Å². The quantitative estimate of drug-likeness (QED) is 0.796. The third kappa shape index (κ3) is 3.41. The van der Waals surface area contributed by atoms with E-state index in [1.165, 1.54) is 0 Å². The zero-order valence-corrected chi connectivity index (χ0v) is 11.4. The highest BCUT2D eigenvalue weighted by Crippen LogP contribution is 2.23. The first kappa shape index (κ1) is 13.3. The molecule has 0 aromatic heterocycles. The van der Waals surface area contributed by atoms with E-state index < -0.39 is 0 Å². The van der Waals surface area contributed by atoms with Crippen LogP contribution in [-0.2, 0) is 9.47 Å². The lowest BCUT2D eigenvalue weighted by Crippen LogP contribution is -2.58. The van der Waals surface area contributed by atoms with Crippen LogP contribution in [-0.4, -0.2) is 62.0 Å². The average molecular weight is 242 g/mol. The first-order chi connectivity index (χ1) is 8.09. The fraction of sp³-hybridized carbons (Fsp3) is 1.00. The van der Waals surface area contributed by atoms with Crippen LogP contribution in [0.2, 0.25) is 0 Å². The maximum Gasteiger partial charge on any atom is 0.0645 e. The lowest BCUT2D eigenvalue weighted by molar-refractivity contribution is -0.0735. The van der Waals surface area contributed by atoms with E-state index in [0.29, 0.717) is 12.1 Å². The summed E-state index contributed by atoms with van der Waals surface area (Å²) in [7, 11) is 0. The minimum absolute atomic E-state index is 0.160. The highest BCUT2D eigenvalue weighted by molar-refractivity contribution is 4.89. The van der Waals surface area contributed by atoms with Gasteiger partial charge in [0, 0.05) is 30.7 Å². The summed E-state index contributed by atoms with van der Waals surface area (Å²) in [6.45, 7) is 12.3. The summed E-state index contributed by atoms with van der Waals surface area (Å²) in [6, 6.07) is 1.09. The van der Waals surface area contributed by atoms with E-state index in [1.807, 2.05) is 0 Å². The van der Waals surface area contributed by atoms with Crippen LogP contribution in [0.3, 0.4) is 0 Å². The Hall–Kier alpha value is -0.160. The van der Waals surface area contributed by atoms with Crippen molar-refractivity contribution in [3.63, 3.8) is 0 Å². The normalized spacial score (nSPS) is 32.3. The molecule has 0 aromatic carbocycles. The average Bonchev–Trinajstić information content (AvgIpc) is 2.29. The van der Waals surface area contributed by atoms with E-state index in [2.05, 4.69) is 31.0 Å². The van der Waals surface area contributed by atoms with Crippen molar-refractivity contribution in [1.29, 1.82) is 0 Å². The number of hydrogen-bond donors (Lipinski definition) is 1. The molecule has 2 heterocycles. The van der Waals surface area contributed by atoms with Gasteiger partial charge in [-0.1, -0.05) is 0 Å². The summed E-state index contributed by atoms with van der Waals surface area (Å²) >= 11 is 0. The largest absolute Gasteiger partial charge is 0.379 e. The third-order valence-electron chi connectivity index (χ3n) is 3.87. The Labute approximate surface area is 105 Å². The molecule has 2 aliphatic rings. The van der Waals surface area contributed by atoms with Crippen LogP contribution in [0.4, 0.5) is 0 Å². The number of rotatable bonds is 3. The van der Waals surface area contributed by atoms with Gasteiger partial charge in [-0.3, -0.25) is 4.90 Å². The Kier molecular flexibility index (Phi) is 4.42. The number of ether oxygens (including phenoxy) is 2. The molecule has 2 saturated heterocycles. The second kappa shape index (κ2) is 5.65. The molecule has 0 spiro atoms. The summed E-state index contributed by atoms with van der Waals surface area (Å²) in [6.07, 6.45) is 1.16. The number of morpholine rings is 2. The number of hydrogen-bond acceptors (Lipinski definition) is 4. The second-order valence-electron chi connectivity index (χ2n) is 5.87. The molecule has 0 amide bonds. The minimum Gasteiger partial charge on any atom is -0.379 e. The molecule has 2 fully saturated rings. The predicted octanol–water partition coefficient (Wildman–Crippen LogP) is 0.864.